The number of nitrogens with one attached hydrogen (secondary N) is 1. The van der Waals surface area contributed by atoms with Crippen LogP contribution < -0.4 is 11.1 Å². The third-order valence-corrected chi connectivity index (χ3v) is 6.18. The molecule has 1 fully saturated rings. The Kier molecular flexibility index (Phi) is 6.09. The minimum atomic E-state index is -0.119. The van der Waals surface area contributed by atoms with E-state index in [9.17, 15) is 4.79 Å². The molecule has 3 N–H and O–H groups in total. The highest BCUT2D eigenvalue weighted by Gasteiger charge is 2.22. The number of amides is 1. The van der Waals surface area contributed by atoms with Crippen LogP contribution in [-0.2, 0) is 7.05 Å². The summed E-state index contributed by atoms with van der Waals surface area (Å²) in [5.74, 6) is 1.20. The van der Waals surface area contributed by atoms with Crippen molar-refractivity contribution in [2.75, 3.05) is 6.54 Å². The van der Waals surface area contributed by atoms with E-state index < -0.39 is 0 Å². The number of hydrogen-bond acceptors (Lipinski definition) is 5. The van der Waals surface area contributed by atoms with Gasteiger partial charge in [0.05, 0.1) is 4.88 Å². The molecule has 2 heterocycles. The minimum absolute atomic E-state index is 0.00903. The number of aromatic nitrogens is 3. The molecular formula is C17H24ClN5OS. The molecule has 0 bridgehead atoms. The van der Waals surface area contributed by atoms with Gasteiger partial charge in [-0.15, -0.1) is 11.3 Å². The van der Waals surface area contributed by atoms with Crippen LogP contribution in [0.2, 0.25) is 4.34 Å². The van der Waals surface area contributed by atoms with Gasteiger partial charge in [0, 0.05) is 25.2 Å². The van der Waals surface area contributed by atoms with Crippen LogP contribution >= 0.6 is 22.9 Å². The highest BCUT2D eigenvalue weighted by atomic mass is 35.5. The second kappa shape index (κ2) is 8.29. The Morgan fingerprint density at radius 1 is 1.48 bits per heavy atom. The molecule has 3 rings (SSSR count). The van der Waals surface area contributed by atoms with Crippen LogP contribution in [0.3, 0.4) is 0 Å². The van der Waals surface area contributed by atoms with Gasteiger partial charge < -0.3 is 11.1 Å². The molecule has 1 saturated carbocycles. The molecule has 1 aliphatic rings. The third kappa shape index (κ3) is 4.40. The monoisotopic (exact) mass is 381 g/mol. The third-order valence-electron chi connectivity index (χ3n) is 4.83. The molecule has 1 aliphatic carbocycles. The first-order valence-electron chi connectivity index (χ1n) is 8.73. The molecule has 8 heteroatoms. The smallest absolute Gasteiger partial charge is 0.261 e. The fourth-order valence-electron chi connectivity index (χ4n) is 3.47. The number of carbonyl (C=O) groups is 1. The van der Waals surface area contributed by atoms with Gasteiger partial charge in [0.1, 0.15) is 10.7 Å². The van der Waals surface area contributed by atoms with Gasteiger partial charge in [0.15, 0.2) is 5.82 Å². The minimum Gasteiger partial charge on any atom is -0.347 e. The average Bonchev–Trinajstić information content (AvgIpc) is 3.20. The Hall–Kier alpha value is -1.44. The summed E-state index contributed by atoms with van der Waals surface area (Å²) >= 11 is 7.57. The van der Waals surface area contributed by atoms with E-state index in [1.165, 1.54) is 49.8 Å². The van der Waals surface area contributed by atoms with Crippen LogP contribution in [0.5, 0.6) is 0 Å². The topological polar surface area (TPSA) is 85.8 Å². The lowest BCUT2D eigenvalue weighted by Crippen LogP contribution is -2.41. The van der Waals surface area contributed by atoms with Crippen LogP contribution in [-0.4, -0.2) is 33.3 Å². The quantitative estimate of drug-likeness (QED) is 0.804. The van der Waals surface area contributed by atoms with Crippen LogP contribution in [0, 0.1) is 5.92 Å². The largest absolute Gasteiger partial charge is 0.347 e. The van der Waals surface area contributed by atoms with Crippen molar-refractivity contribution in [1.82, 2.24) is 20.1 Å². The molecule has 1 atom stereocenters. The van der Waals surface area contributed by atoms with Gasteiger partial charge in [-0.2, -0.15) is 5.10 Å². The van der Waals surface area contributed by atoms with E-state index in [2.05, 4.69) is 15.4 Å². The number of nitrogens with two attached hydrogens (primary N) is 1. The molecule has 1 amide bonds. The number of halogens is 1. The maximum absolute atomic E-state index is 12.6. The van der Waals surface area contributed by atoms with Crippen molar-refractivity contribution in [3.8, 4) is 11.4 Å². The molecule has 6 nitrogen and oxygen atoms in total. The van der Waals surface area contributed by atoms with Crippen molar-refractivity contribution >= 4 is 28.8 Å². The summed E-state index contributed by atoms with van der Waals surface area (Å²) in [6, 6.07) is 1.79. The average molecular weight is 382 g/mol. The van der Waals surface area contributed by atoms with Crippen LogP contribution in [0.25, 0.3) is 11.4 Å². The molecular weight excluding hydrogens is 358 g/mol. The number of carbonyl (C=O) groups excluding carboxylic acids is 1. The molecule has 0 aliphatic heterocycles. The van der Waals surface area contributed by atoms with Crippen molar-refractivity contribution in [3.05, 3.63) is 21.6 Å². The van der Waals surface area contributed by atoms with E-state index in [0.717, 1.165) is 12.0 Å². The Balaban J connectivity index is 1.67. The van der Waals surface area contributed by atoms with E-state index >= 15 is 0 Å². The van der Waals surface area contributed by atoms with Crippen LogP contribution in [0.1, 0.15) is 48.2 Å². The molecule has 136 valence electrons. The summed E-state index contributed by atoms with van der Waals surface area (Å²) in [5.41, 5.74) is 6.62. The Labute approximate surface area is 156 Å². The van der Waals surface area contributed by atoms with E-state index in [-0.39, 0.29) is 11.9 Å². The van der Waals surface area contributed by atoms with Crippen LogP contribution in [0.15, 0.2) is 12.4 Å². The summed E-state index contributed by atoms with van der Waals surface area (Å²) < 4.78 is 2.18. The number of aryl methyl sites for hydroxylation is 1. The summed E-state index contributed by atoms with van der Waals surface area (Å²) in [6.45, 7) is 0.456. The maximum Gasteiger partial charge on any atom is 0.261 e. The van der Waals surface area contributed by atoms with Crippen molar-refractivity contribution in [2.45, 2.75) is 44.6 Å². The first kappa shape index (κ1) is 18.4. The fourth-order valence-corrected chi connectivity index (χ4v) is 4.64. The second-order valence-corrected chi connectivity index (χ2v) is 8.31. The lowest BCUT2D eigenvalue weighted by atomic mass is 9.85. The Morgan fingerprint density at radius 3 is 2.88 bits per heavy atom. The Morgan fingerprint density at radius 2 is 2.24 bits per heavy atom. The Bertz CT molecular complexity index is 722. The van der Waals surface area contributed by atoms with Gasteiger partial charge in [-0.25, -0.2) is 9.67 Å². The first-order valence-corrected chi connectivity index (χ1v) is 9.92. The summed E-state index contributed by atoms with van der Waals surface area (Å²) in [6.07, 6.45) is 8.82. The van der Waals surface area contributed by atoms with Gasteiger partial charge in [-0.05, 0) is 18.4 Å². The summed E-state index contributed by atoms with van der Waals surface area (Å²) in [7, 11) is 1.80. The zero-order valence-corrected chi connectivity index (χ0v) is 15.9. The van der Waals surface area contributed by atoms with Gasteiger partial charge in [0.25, 0.3) is 5.91 Å². The standard InChI is InChI=1S/C17H24ClN5OS/c1-23-16(20-10-21-23)13-8-14(25-15(13)18)17(24)22-12(9-19)7-11-5-3-2-4-6-11/h8,10-12H,2-7,9,19H2,1H3,(H,22,24)/t12-/m0/s1. The predicted octanol–water partition coefficient (Wildman–Crippen LogP) is 3.22. The van der Waals surface area contributed by atoms with Crippen molar-refractivity contribution in [3.63, 3.8) is 0 Å². The fraction of sp³-hybridized carbons (Fsp3) is 0.588. The summed E-state index contributed by atoms with van der Waals surface area (Å²) in [4.78, 5) is 17.4. The van der Waals surface area contributed by atoms with E-state index in [1.54, 1.807) is 17.8 Å². The normalized spacial score (nSPS) is 16.8. The van der Waals surface area contributed by atoms with Crippen molar-refractivity contribution in [2.24, 2.45) is 18.7 Å². The number of nitrogens with zero attached hydrogens (tertiary/aromatic N) is 3. The predicted molar refractivity (Wildman–Crippen MR) is 101 cm³/mol. The molecule has 0 saturated heterocycles. The lowest BCUT2D eigenvalue weighted by molar-refractivity contribution is 0.0934. The highest BCUT2D eigenvalue weighted by Crippen LogP contribution is 2.34. The molecule has 0 aromatic carbocycles. The highest BCUT2D eigenvalue weighted by molar-refractivity contribution is 7.18. The van der Waals surface area contributed by atoms with Gasteiger partial charge in [-0.3, -0.25) is 4.79 Å². The molecule has 0 unspecified atom stereocenters. The SMILES string of the molecule is Cn1ncnc1-c1cc(C(=O)N[C@H](CN)CC2CCCCC2)sc1Cl. The second-order valence-electron chi connectivity index (χ2n) is 6.65. The lowest BCUT2D eigenvalue weighted by Gasteiger charge is -2.26. The van der Waals surface area contributed by atoms with E-state index in [0.29, 0.717) is 27.5 Å². The van der Waals surface area contributed by atoms with E-state index in [1.807, 2.05) is 0 Å². The van der Waals surface area contributed by atoms with Crippen LogP contribution in [0.4, 0.5) is 0 Å². The zero-order chi connectivity index (χ0) is 17.8. The van der Waals surface area contributed by atoms with Gasteiger partial charge >= 0.3 is 0 Å². The molecule has 2 aromatic heterocycles. The number of hydrogen-bond donors (Lipinski definition) is 2. The first-order chi connectivity index (χ1) is 12.1. The van der Waals surface area contributed by atoms with Crippen molar-refractivity contribution < 1.29 is 4.79 Å². The zero-order valence-electron chi connectivity index (χ0n) is 14.4. The number of rotatable bonds is 6. The molecule has 0 radical (unpaired) electrons. The number of thiophene rings is 1. The van der Waals surface area contributed by atoms with Crippen molar-refractivity contribution in [1.29, 1.82) is 0 Å². The van der Waals surface area contributed by atoms with Gasteiger partial charge in [0.2, 0.25) is 0 Å². The summed E-state index contributed by atoms with van der Waals surface area (Å²) in [5, 5.41) is 7.13. The van der Waals surface area contributed by atoms with E-state index in [4.69, 9.17) is 17.3 Å². The van der Waals surface area contributed by atoms with Gasteiger partial charge in [-0.1, -0.05) is 43.7 Å². The maximum atomic E-state index is 12.6. The molecule has 25 heavy (non-hydrogen) atoms. The molecule has 2 aromatic rings. The molecule has 0 spiro atoms.